The SMILES string of the molecule is Cc1nn(C2CCN(C)CC2)c(=O)c(N)c1N. The normalized spacial score (nSPS) is 18.5. The molecule has 2 heterocycles. The Kier molecular flexibility index (Phi) is 3.06. The molecule has 0 radical (unpaired) electrons. The van der Waals surface area contributed by atoms with Gasteiger partial charge in [-0.25, -0.2) is 4.68 Å². The minimum Gasteiger partial charge on any atom is -0.395 e. The molecule has 1 aliphatic rings. The lowest BCUT2D eigenvalue weighted by Gasteiger charge is -2.29. The van der Waals surface area contributed by atoms with Crippen LogP contribution in [0.1, 0.15) is 24.6 Å². The average Bonchev–Trinajstić information content (AvgIpc) is 2.32. The van der Waals surface area contributed by atoms with Gasteiger partial charge in [0.1, 0.15) is 5.69 Å². The number of aromatic nitrogens is 2. The zero-order valence-corrected chi connectivity index (χ0v) is 10.3. The highest BCUT2D eigenvalue weighted by Gasteiger charge is 2.22. The molecule has 0 bridgehead atoms. The van der Waals surface area contributed by atoms with Gasteiger partial charge >= 0.3 is 0 Å². The Bertz CT molecular complexity index is 473. The molecule has 1 saturated heterocycles. The average molecular weight is 237 g/mol. The minimum atomic E-state index is -0.261. The van der Waals surface area contributed by atoms with E-state index in [-0.39, 0.29) is 17.3 Å². The van der Waals surface area contributed by atoms with Crippen molar-refractivity contribution in [2.45, 2.75) is 25.8 Å². The molecule has 4 N–H and O–H groups in total. The van der Waals surface area contributed by atoms with Crippen LogP contribution in [-0.4, -0.2) is 34.8 Å². The Hall–Kier alpha value is -1.56. The molecule has 0 aromatic carbocycles. The van der Waals surface area contributed by atoms with Gasteiger partial charge in [0.25, 0.3) is 5.56 Å². The molecule has 0 atom stereocenters. The van der Waals surface area contributed by atoms with Gasteiger partial charge in [0.05, 0.1) is 17.4 Å². The van der Waals surface area contributed by atoms with Crippen LogP contribution >= 0.6 is 0 Å². The standard InChI is InChI=1S/C11H19N5O/c1-7-9(12)10(13)11(17)16(14-7)8-3-5-15(2)6-4-8/h8H,3-6,12-13H2,1-2H3. The van der Waals surface area contributed by atoms with Crippen molar-refractivity contribution in [1.29, 1.82) is 0 Å². The van der Waals surface area contributed by atoms with Crippen molar-refractivity contribution in [3.8, 4) is 0 Å². The van der Waals surface area contributed by atoms with Crippen LogP contribution in [0.2, 0.25) is 0 Å². The molecular weight excluding hydrogens is 218 g/mol. The maximum absolute atomic E-state index is 12.0. The number of likely N-dealkylation sites (tertiary alicyclic amines) is 1. The molecule has 0 saturated carbocycles. The van der Waals surface area contributed by atoms with Crippen molar-refractivity contribution in [2.24, 2.45) is 0 Å². The van der Waals surface area contributed by atoms with E-state index in [0.29, 0.717) is 11.4 Å². The molecule has 17 heavy (non-hydrogen) atoms. The number of hydrogen-bond acceptors (Lipinski definition) is 5. The van der Waals surface area contributed by atoms with Gasteiger partial charge in [-0.15, -0.1) is 0 Å². The van der Waals surface area contributed by atoms with E-state index in [2.05, 4.69) is 17.0 Å². The fourth-order valence-electron chi connectivity index (χ4n) is 2.18. The lowest BCUT2D eigenvalue weighted by atomic mass is 10.1. The van der Waals surface area contributed by atoms with Gasteiger partial charge in [-0.2, -0.15) is 5.10 Å². The summed E-state index contributed by atoms with van der Waals surface area (Å²) in [6, 6.07) is 0.139. The summed E-state index contributed by atoms with van der Waals surface area (Å²) in [5.41, 5.74) is 12.2. The van der Waals surface area contributed by atoms with Gasteiger partial charge in [-0.3, -0.25) is 4.79 Å². The zero-order chi connectivity index (χ0) is 12.6. The number of anilines is 2. The van der Waals surface area contributed by atoms with Crippen LogP contribution in [0.3, 0.4) is 0 Å². The largest absolute Gasteiger partial charge is 0.395 e. The van der Waals surface area contributed by atoms with E-state index in [1.54, 1.807) is 6.92 Å². The number of nitrogens with zero attached hydrogens (tertiary/aromatic N) is 3. The number of nitrogens with two attached hydrogens (primary N) is 2. The van der Waals surface area contributed by atoms with Crippen molar-refractivity contribution in [3.63, 3.8) is 0 Å². The molecular formula is C11H19N5O. The van der Waals surface area contributed by atoms with Crippen molar-refractivity contribution in [2.75, 3.05) is 31.6 Å². The Morgan fingerprint density at radius 2 is 1.82 bits per heavy atom. The first-order valence-corrected chi connectivity index (χ1v) is 5.83. The molecule has 0 aliphatic carbocycles. The molecule has 0 unspecified atom stereocenters. The van der Waals surface area contributed by atoms with Gasteiger partial charge in [-0.1, -0.05) is 0 Å². The summed E-state index contributed by atoms with van der Waals surface area (Å²) in [5.74, 6) is 0. The minimum absolute atomic E-state index is 0.122. The van der Waals surface area contributed by atoms with E-state index in [9.17, 15) is 4.79 Å². The highest BCUT2D eigenvalue weighted by atomic mass is 16.1. The molecule has 94 valence electrons. The van der Waals surface area contributed by atoms with Crippen molar-refractivity contribution in [1.82, 2.24) is 14.7 Å². The van der Waals surface area contributed by atoms with Crippen molar-refractivity contribution < 1.29 is 0 Å². The summed E-state index contributed by atoms with van der Waals surface area (Å²) in [5, 5.41) is 4.26. The monoisotopic (exact) mass is 237 g/mol. The van der Waals surface area contributed by atoms with E-state index in [4.69, 9.17) is 11.5 Å². The summed E-state index contributed by atoms with van der Waals surface area (Å²) in [7, 11) is 2.08. The molecule has 6 heteroatoms. The first kappa shape index (κ1) is 11.9. The van der Waals surface area contributed by atoms with Gasteiger partial charge in [0, 0.05) is 0 Å². The van der Waals surface area contributed by atoms with Gasteiger partial charge in [0.2, 0.25) is 0 Å². The van der Waals surface area contributed by atoms with E-state index in [1.807, 2.05) is 0 Å². The lowest BCUT2D eigenvalue weighted by molar-refractivity contribution is 0.208. The number of piperidine rings is 1. The predicted octanol–water partition coefficient (Wildman–Crippen LogP) is -0.0172. The first-order chi connectivity index (χ1) is 8.00. The summed E-state index contributed by atoms with van der Waals surface area (Å²) in [6.45, 7) is 3.72. The smallest absolute Gasteiger partial charge is 0.292 e. The van der Waals surface area contributed by atoms with Gasteiger partial charge in [-0.05, 0) is 39.9 Å². The molecule has 0 spiro atoms. The number of rotatable bonds is 1. The molecule has 1 fully saturated rings. The molecule has 6 nitrogen and oxygen atoms in total. The van der Waals surface area contributed by atoms with E-state index in [1.165, 1.54) is 4.68 Å². The third-order valence-electron chi connectivity index (χ3n) is 3.41. The second-order valence-electron chi connectivity index (χ2n) is 4.70. The Morgan fingerprint density at radius 1 is 1.24 bits per heavy atom. The van der Waals surface area contributed by atoms with Crippen LogP contribution in [0.25, 0.3) is 0 Å². The Balaban J connectivity index is 2.36. The topological polar surface area (TPSA) is 90.2 Å². The van der Waals surface area contributed by atoms with Crippen LogP contribution in [0.4, 0.5) is 11.4 Å². The number of nitrogen functional groups attached to an aromatic ring is 2. The third-order valence-corrected chi connectivity index (χ3v) is 3.41. The fourth-order valence-corrected chi connectivity index (χ4v) is 2.18. The summed E-state index contributed by atoms with van der Waals surface area (Å²) < 4.78 is 1.51. The molecule has 1 aliphatic heterocycles. The van der Waals surface area contributed by atoms with E-state index >= 15 is 0 Å². The lowest BCUT2D eigenvalue weighted by Crippen LogP contribution is -2.37. The van der Waals surface area contributed by atoms with Gasteiger partial charge < -0.3 is 16.4 Å². The van der Waals surface area contributed by atoms with Crippen LogP contribution in [-0.2, 0) is 0 Å². The quantitative estimate of drug-likeness (QED) is 0.716. The summed E-state index contributed by atoms with van der Waals surface area (Å²) in [4.78, 5) is 14.2. The highest BCUT2D eigenvalue weighted by molar-refractivity contribution is 5.63. The number of aryl methyl sites for hydroxylation is 1. The molecule has 2 rings (SSSR count). The maximum Gasteiger partial charge on any atom is 0.292 e. The van der Waals surface area contributed by atoms with Gasteiger partial charge in [0.15, 0.2) is 0 Å². The third kappa shape index (κ3) is 2.12. The van der Waals surface area contributed by atoms with Crippen LogP contribution < -0.4 is 17.0 Å². The van der Waals surface area contributed by atoms with Crippen LogP contribution in [0.5, 0.6) is 0 Å². The summed E-state index contributed by atoms with van der Waals surface area (Å²) >= 11 is 0. The van der Waals surface area contributed by atoms with Crippen LogP contribution in [0.15, 0.2) is 4.79 Å². The fraction of sp³-hybridized carbons (Fsp3) is 0.636. The Morgan fingerprint density at radius 3 is 2.41 bits per heavy atom. The zero-order valence-electron chi connectivity index (χ0n) is 10.3. The predicted molar refractivity (Wildman–Crippen MR) is 67.8 cm³/mol. The van der Waals surface area contributed by atoms with E-state index < -0.39 is 0 Å². The number of hydrogen-bond donors (Lipinski definition) is 2. The van der Waals surface area contributed by atoms with E-state index in [0.717, 1.165) is 25.9 Å². The Labute approximate surface area is 100 Å². The summed E-state index contributed by atoms with van der Waals surface area (Å²) in [6.07, 6.45) is 1.85. The molecule has 0 amide bonds. The van der Waals surface area contributed by atoms with Crippen molar-refractivity contribution >= 4 is 11.4 Å². The molecule has 1 aromatic rings. The maximum atomic E-state index is 12.0. The first-order valence-electron chi connectivity index (χ1n) is 5.83. The second-order valence-corrected chi connectivity index (χ2v) is 4.70. The molecule has 1 aromatic heterocycles. The highest BCUT2D eigenvalue weighted by Crippen LogP contribution is 2.21. The van der Waals surface area contributed by atoms with Crippen molar-refractivity contribution in [3.05, 3.63) is 16.0 Å². The second kappa shape index (κ2) is 4.37. The van der Waals surface area contributed by atoms with Crippen LogP contribution in [0, 0.1) is 6.92 Å².